The number of aromatic nitrogens is 1. The van der Waals surface area contributed by atoms with E-state index in [9.17, 15) is 30.8 Å². The molecule has 37 heavy (non-hydrogen) atoms. The van der Waals surface area contributed by atoms with Crippen molar-refractivity contribution in [1.82, 2.24) is 4.98 Å². The summed E-state index contributed by atoms with van der Waals surface area (Å²) in [7, 11) is -3.35. The molecule has 0 saturated heterocycles. The molecule has 3 aromatic rings. The molecule has 0 radical (unpaired) electrons. The predicted octanol–water partition coefficient (Wildman–Crippen LogP) is 6.52. The number of benzene rings is 2. The lowest BCUT2D eigenvalue weighted by atomic mass is 9.83. The van der Waals surface area contributed by atoms with Crippen molar-refractivity contribution >= 4 is 33.0 Å². The van der Waals surface area contributed by atoms with E-state index in [2.05, 4.69) is 9.71 Å². The first-order valence-corrected chi connectivity index (χ1v) is 13.6. The summed E-state index contributed by atoms with van der Waals surface area (Å²) in [5.74, 6) is -3.01. The van der Waals surface area contributed by atoms with Gasteiger partial charge in [-0.3, -0.25) is 4.72 Å². The smallest absolute Gasteiger partial charge is 0.417 e. The molecule has 0 atom stereocenters. The monoisotopic (exact) mass is 558 g/mol. The molecule has 1 aliphatic rings. The van der Waals surface area contributed by atoms with Crippen molar-refractivity contribution in [2.75, 3.05) is 11.8 Å². The highest BCUT2D eigenvalue weighted by Crippen LogP contribution is 2.42. The van der Waals surface area contributed by atoms with E-state index < -0.39 is 49.8 Å². The van der Waals surface area contributed by atoms with Gasteiger partial charge in [0.15, 0.2) is 5.03 Å². The van der Waals surface area contributed by atoms with Crippen LogP contribution in [0, 0.1) is 5.82 Å². The van der Waals surface area contributed by atoms with Gasteiger partial charge in [0.25, 0.3) is 10.0 Å². The van der Waals surface area contributed by atoms with Gasteiger partial charge in [-0.2, -0.15) is 21.6 Å². The Bertz CT molecular complexity index is 1430. The van der Waals surface area contributed by atoms with Crippen LogP contribution in [0.5, 0.6) is 5.75 Å². The highest BCUT2D eigenvalue weighted by atomic mass is 32.2. The zero-order chi connectivity index (χ0) is 27.0. The quantitative estimate of drug-likeness (QED) is 0.320. The standard InChI is InChI=1S/C24H22F4N2O5S2/c1-35-20-10-16(23(31)32)18(25)11-19(20)30-37(33,34)21-12-36-22(29-21)15-8-7-14(9-17(15)24(26,27)28)13-5-3-2-4-6-13/h7-13,30H,2-6H2,1H3,(H,31,32). The van der Waals surface area contributed by atoms with Crippen LogP contribution in [0.15, 0.2) is 40.7 Å². The second kappa shape index (κ2) is 10.3. The van der Waals surface area contributed by atoms with Crippen LogP contribution >= 0.6 is 11.3 Å². The first-order chi connectivity index (χ1) is 17.4. The van der Waals surface area contributed by atoms with E-state index in [1.54, 1.807) is 6.07 Å². The second-order valence-electron chi connectivity index (χ2n) is 8.57. The van der Waals surface area contributed by atoms with Gasteiger partial charge in [0.2, 0.25) is 0 Å². The van der Waals surface area contributed by atoms with Gasteiger partial charge in [0.1, 0.15) is 16.6 Å². The lowest BCUT2D eigenvalue weighted by Gasteiger charge is -2.23. The number of methoxy groups -OCH3 is 1. The average molecular weight is 559 g/mol. The van der Waals surface area contributed by atoms with Crippen molar-refractivity contribution in [2.24, 2.45) is 0 Å². The number of rotatable bonds is 7. The van der Waals surface area contributed by atoms with Crippen molar-refractivity contribution in [3.05, 3.63) is 58.2 Å². The van der Waals surface area contributed by atoms with Crippen molar-refractivity contribution in [3.8, 4) is 16.3 Å². The molecule has 0 unspecified atom stereocenters. The van der Waals surface area contributed by atoms with Gasteiger partial charge in [0.05, 0.1) is 23.9 Å². The third-order valence-electron chi connectivity index (χ3n) is 6.18. The van der Waals surface area contributed by atoms with Crippen molar-refractivity contribution in [1.29, 1.82) is 0 Å². The van der Waals surface area contributed by atoms with Gasteiger partial charge in [-0.1, -0.05) is 31.4 Å². The number of nitrogens with zero attached hydrogens (tertiary/aromatic N) is 1. The van der Waals surface area contributed by atoms with Crippen LogP contribution in [0.3, 0.4) is 0 Å². The second-order valence-corrected chi connectivity index (χ2v) is 11.1. The van der Waals surface area contributed by atoms with Crippen LogP contribution < -0.4 is 9.46 Å². The molecule has 0 bridgehead atoms. The van der Waals surface area contributed by atoms with Crippen molar-refractivity contribution < 1.29 is 40.6 Å². The van der Waals surface area contributed by atoms with Gasteiger partial charge in [-0.15, -0.1) is 11.3 Å². The molecule has 0 amide bonds. The molecule has 2 aromatic carbocycles. The highest BCUT2D eigenvalue weighted by Gasteiger charge is 2.36. The maximum absolute atomic E-state index is 14.2. The largest absolute Gasteiger partial charge is 0.495 e. The number of thiazole rings is 1. The molecule has 7 nitrogen and oxygen atoms in total. The molecule has 4 rings (SSSR count). The summed E-state index contributed by atoms with van der Waals surface area (Å²) < 4.78 is 88.9. The van der Waals surface area contributed by atoms with Crippen LogP contribution in [0.2, 0.25) is 0 Å². The predicted molar refractivity (Wildman–Crippen MR) is 129 cm³/mol. The molecule has 1 aromatic heterocycles. The van der Waals surface area contributed by atoms with E-state index in [1.165, 1.54) is 6.07 Å². The SMILES string of the molecule is COc1cc(C(=O)O)c(F)cc1NS(=O)(=O)c1csc(-c2ccc(C3CCCCC3)cc2C(F)(F)F)n1. The summed E-state index contributed by atoms with van der Waals surface area (Å²) in [6.45, 7) is 0. The van der Waals surface area contributed by atoms with Crippen molar-refractivity contribution in [2.45, 2.75) is 49.2 Å². The van der Waals surface area contributed by atoms with Crippen LogP contribution in [0.4, 0.5) is 23.2 Å². The van der Waals surface area contributed by atoms with E-state index in [0.717, 1.165) is 68.1 Å². The molecule has 0 spiro atoms. The minimum atomic E-state index is -4.68. The number of anilines is 1. The summed E-state index contributed by atoms with van der Waals surface area (Å²) in [5.41, 5.74) is -1.66. The Morgan fingerprint density at radius 3 is 2.49 bits per heavy atom. The third kappa shape index (κ3) is 5.72. The fourth-order valence-electron chi connectivity index (χ4n) is 4.34. The van der Waals surface area contributed by atoms with Crippen LogP contribution in [0.1, 0.15) is 59.5 Å². The Labute approximate surface area is 214 Å². The van der Waals surface area contributed by atoms with E-state index in [1.807, 2.05) is 0 Å². The molecule has 1 aliphatic carbocycles. The van der Waals surface area contributed by atoms with Gasteiger partial charge in [-0.25, -0.2) is 14.2 Å². The van der Waals surface area contributed by atoms with Crippen LogP contribution in [-0.4, -0.2) is 31.6 Å². The maximum atomic E-state index is 14.2. The first kappa shape index (κ1) is 26.9. The number of halogens is 4. The molecule has 1 saturated carbocycles. The lowest BCUT2D eigenvalue weighted by molar-refractivity contribution is -0.137. The fraction of sp³-hybridized carbons (Fsp3) is 0.333. The van der Waals surface area contributed by atoms with Gasteiger partial charge >= 0.3 is 12.1 Å². The van der Waals surface area contributed by atoms with E-state index >= 15 is 0 Å². The Morgan fingerprint density at radius 2 is 1.86 bits per heavy atom. The molecule has 13 heteroatoms. The molecule has 1 heterocycles. The Hall–Kier alpha value is -3.19. The van der Waals surface area contributed by atoms with E-state index in [0.29, 0.717) is 11.6 Å². The zero-order valence-electron chi connectivity index (χ0n) is 19.4. The summed E-state index contributed by atoms with van der Waals surface area (Å²) in [4.78, 5) is 15.1. The number of carbonyl (C=O) groups is 1. The van der Waals surface area contributed by atoms with E-state index in [4.69, 9.17) is 9.84 Å². The number of alkyl halides is 3. The van der Waals surface area contributed by atoms with E-state index in [-0.39, 0.29) is 22.2 Å². The normalized spacial score (nSPS) is 14.9. The number of sulfonamides is 1. The maximum Gasteiger partial charge on any atom is 0.417 e. The minimum Gasteiger partial charge on any atom is -0.495 e. The fourth-order valence-corrected chi connectivity index (χ4v) is 6.54. The molecule has 1 fully saturated rings. The van der Waals surface area contributed by atoms with Gasteiger partial charge in [0, 0.05) is 17.0 Å². The summed E-state index contributed by atoms with van der Waals surface area (Å²) in [5, 5.41) is 9.38. The van der Waals surface area contributed by atoms with Crippen molar-refractivity contribution in [3.63, 3.8) is 0 Å². The molecule has 2 N–H and O–H groups in total. The van der Waals surface area contributed by atoms with Crippen LogP contribution in [0.25, 0.3) is 10.6 Å². The first-order valence-electron chi connectivity index (χ1n) is 11.2. The number of carboxylic acids is 1. The number of aromatic carboxylic acids is 1. The summed E-state index contributed by atoms with van der Waals surface area (Å²) in [6.07, 6.45) is -0.0592. The minimum absolute atomic E-state index is 0.0447. The number of ether oxygens (including phenoxy) is 1. The highest BCUT2D eigenvalue weighted by molar-refractivity contribution is 7.92. The molecule has 0 aliphatic heterocycles. The Balaban J connectivity index is 1.67. The summed E-state index contributed by atoms with van der Waals surface area (Å²) >= 11 is 0.718. The number of hydrogen-bond donors (Lipinski definition) is 2. The topological polar surface area (TPSA) is 106 Å². The molecular weight excluding hydrogens is 536 g/mol. The van der Waals surface area contributed by atoms with Gasteiger partial charge < -0.3 is 9.84 Å². The number of carboxylic acid groups (broad SMARTS) is 1. The van der Waals surface area contributed by atoms with Gasteiger partial charge in [-0.05, 0) is 36.5 Å². The van der Waals surface area contributed by atoms with Crippen LogP contribution in [-0.2, 0) is 16.2 Å². The average Bonchev–Trinajstić information content (AvgIpc) is 3.35. The summed E-state index contributed by atoms with van der Waals surface area (Å²) in [6, 6.07) is 5.52. The number of nitrogens with one attached hydrogen (secondary N) is 1. The number of hydrogen-bond acceptors (Lipinski definition) is 6. The molecular formula is C24H22F4N2O5S2. The third-order valence-corrected chi connectivity index (χ3v) is 8.45. The molecule has 198 valence electrons. The zero-order valence-corrected chi connectivity index (χ0v) is 21.1. The lowest BCUT2D eigenvalue weighted by Crippen LogP contribution is -2.15. The Kier molecular flexibility index (Phi) is 7.47. The Morgan fingerprint density at radius 1 is 1.16 bits per heavy atom.